The van der Waals surface area contributed by atoms with Gasteiger partial charge in [0.05, 0.1) is 12.3 Å². The maximum absolute atomic E-state index is 11.2. The molecule has 0 radical (unpaired) electrons. The molecule has 0 atom stereocenters. The molecule has 19 heavy (non-hydrogen) atoms. The molecule has 0 aromatic carbocycles. The molecule has 0 saturated carbocycles. The fourth-order valence-corrected chi connectivity index (χ4v) is 1.12. The van der Waals surface area contributed by atoms with Crippen molar-refractivity contribution in [2.24, 2.45) is 0 Å². The quantitative estimate of drug-likeness (QED) is 0.534. The average molecular weight is 268 g/mol. The van der Waals surface area contributed by atoms with Crippen LogP contribution in [0.2, 0.25) is 0 Å². The van der Waals surface area contributed by atoms with Crippen LogP contribution in [0.1, 0.15) is 12.6 Å². The molecule has 8 nitrogen and oxygen atoms in total. The van der Waals surface area contributed by atoms with Gasteiger partial charge in [-0.1, -0.05) is 0 Å². The highest BCUT2D eigenvalue weighted by atomic mass is 16.5. The standard InChI is InChI=1S/C11H12N2O6/c1-2-18-9(15)3-4-10(16)19-6-7-5-8(14)13-11(17)12-7/h3-5H,2,6H2,1H3,(H2,12,13,14,17)/b4-3+. The van der Waals surface area contributed by atoms with Gasteiger partial charge in [-0.25, -0.2) is 14.4 Å². The van der Waals surface area contributed by atoms with E-state index in [4.69, 9.17) is 4.74 Å². The minimum atomic E-state index is -0.797. The number of hydrogen-bond donors (Lipinski definition) is 2. The molecule has 8 heteroatoms. The van der Waals surface area contributed by atoms with E-state index in [1.807, 2.05) is 4.98 Å². The van der Waals surface area contributed by atoms with Crippen molar-refractivity contribution in [1.82, 2.24) is 9.97 Å². The van der Waals surface area contributed by atoms with Crippen LogP contribution in [0, 0.1) is 0 Å². The van der Waals surface area contributed by atoms with E-state index in [1.54, 1.807) is 6.92 Å². The number of esters is 2. The third-order valence-corrected chi connectivity index (χ3v) is 1.83. The zero-order valence-corrected chi connectivity index (χ0v) is 10.1. The fraction of sp³-hybridized carbons (Fsp3) is 0.273. The Kier molecular flexibility index (Phi) is 5.27. The Balaban J connectivity index is 2.52. The number of H-pyrrole nitrogens is 2. The van der Waals surface area contributed by atoms with Crippen LogP contribution in [0.15, 0.2) is 27.8 Å². The Labute approximate surface area is 107 Å². The average Bonchev–Trinajstić information content (AvgIpc) is 2.33. The molecule has 1 aromatic heterocycles. The summed E-state index contributed by atoms with van der Waals surface area (Å²) in [6.45, 7) is 1.55. The lowest BCUT2D eigenvalue weighted by Gasteiger charge is -2.01. The number of carbonyl (C=O) groups is 2. The first kappa shape index (κ1) is 14.4. The van der Waals surface area contributed by atoms with E-state index in [1.165, 1.54) is 0 Å². The van der Waals surface area contributed by atoms with Crippen LogP contribution >= 0.6 is 0 Å². The molecule has 0 fully saturated rings. The molecule has 1 aromatic rings. The maximum atomic E-state index is 11.2. The first-order valence-corrected chi connectivity index (χ1v) is 5.35. The molecule has 0 aliphatic heterocycles. The second kappa shape index (κ2) is 6.94. The first-order valence-electron chi connectivity index (χ1n) is 5.35. The number of nitrogens with one attached hydrogen (secondary N) is 2. The van der Waals surface area contributed by atoms with Gasteiger partial charge in [0.2, 0.25) is 0 Å². The van der Waals surface area contributed by atoms with Gasteiger partial charge >= 0.3 is 17.6 Å². The predicted molar refractivity (Wildman–Crippen MR) is 63.3 cm³/mol. The topological polar surface area (TPSA) is 118 Å². The molecular weight excluding hydrogens is 256 g/mol. The molecule has 0 bridgehead atoms. The van der Waals surface area contributed by atoms with E-state index in [9.17, 15) is 19.2 Å². The Morgan fingerprint density at radius 1 is 1.16 bits per heavy atom. The van der Waals surface area contributed by atoms with Crippen LogP contribution in [0.25, 0.3) is 0 Å². The Morgan fingerprint density at radius 2 is 1.79 bits per heavy atom. The number of carbonyl (C=O) groups excluding carboxylic acids is 2. The second-order valence-electron chi connectivity index (χ2n) is 3.31. The molecule has 0 aliphatic carbocycles. The van der Waals surface area contributed by atoms with Crippen molar-refractivity contribution in [3.05, 3.63) is 44.8 Å². The highest BCUT2D eigenvalue weighted by Gasteiger charge is 2.02. The van der Waals surface area contributed by atoms with E-state index in [0.717, 1.165) is 18.2 Å². The Bertz CT molecular complexity index is 569. The monoisotopic (exact) mass is 268 g/mol. The number of hydrogen-bond acceptors (Lipinski definition) is 6. The van der Waals surface area contributed by atoms with Crippen LogP contribution in [0.5, 0.6) is 0 Å². The van der Waals surface area contributed by atoms with Crippen LogP contribution in [0.3, 0.4) is 0 Å². The van der Waals surface area contributed by atoms with Crippen LogP contribution < -0.4 is 11.2 Å². The lowest BCUT2D eigenvalue weighted by molar-refractivity contribution is -0.141. The minimum absolute atomic E-state index is 0.145. The lowest BCUT2D eigenvalue weighted by atomic mass is 10.4. The summed E-state index contributed by atoms with van der Waals surface area (Å²) in [7, 11) is 0. The van der Waals surface area contributed by atoms with Crippen LogP contribution in [-0.2, 0) is 25.7 Å². The van der Waals surface area contributed by atoms with Gasteiger partial charge in [0.25, 0.3) is 5.56 Å². The first-order chi connectivity index (χ1) is 9.01. The molecule has 1 heterocycles. The van der Waals surface area contributed by atoms with Gasteiger partial charge in [-0.2, -0.15) is 0 Å². The summed E-state index contributed by atoms with van der Waals surface area (Å²) in [6, 6.07) is 1.09. The zero-order chi connectivity index (χ0) is 14.3. The molecule has 2 N–H and O–H groups in total. The molecule has 102 valence electrons. The molecule has 0 aliphatic rings. The van der Waals surface area contributed by atoms with Gasteiger partial charge in [-0.15, -0.1) is 0 Å². The van der Waals surface area contributed by atoms with Crippen molar-refractivity contribution >= 4 is 11.9 Å². The van der Waals surface area contributed by atoms with Crippen molar-refractivity contribution < 1.29 is 19.1 Å². The summed E-state index contributed by atoms with van der Waals surface area (Å²) < 4.78 is 9.27. The molecule has 1 rings (SSSR count). The second-order valence-corrected chi connectivity index (χ2v) is 3.31. The zero-order valence-electron chi connectivity index (χ0n) is 10.1. The third-order valence-electron chi connectivity index (χ3n) is 1.83. The normalized spacial score (nSPS) is 10.4. The van der Waals surface area contributed by atoms with Crippen molar-refractivity contribution in [2.75, 3.05) is 6.61 Å². The molecule has 0 saturated heterocycles. The van der Waals surface area contributed by atoms with Gasteiger partial charge in [0, 0.05) is 18.2 Å². The van der Waals surface area contributed by atoms with Gasteiger partial charge in [0.15, 0.2) is 0 Å². The maximum Gasteiger partial charge on any atom is 0.331 e. The van der Waals surface area contributed by atoms with Crippen LogP contribution in [0.4, 0.5) is 0 Å². The van der Waals surface area contributed by atoms with Gasteiger partial charge in [0.1, 0.15) is 6.61 Å². The summed E-state index contributed by atoms with van der Waals surface area (Å²) >= 11 is 0. The van der Waals surface area contributed by atoms with E-state index in [2.05, 4.69) is 9.72 Å². The summed E-state index contributed by atoms with van der Waals surface area (Å²) in [4.78, 5) is 48.2. The number of aromatic nitrogens is 2. The Hall–Kier alpha value is -2.64. The number of rotatable bonds is 5. The van der Waals surface area contributed by atoms with E-state index in [0.29, 0.717) is 0 Å². The fourth-order valence-electron chi connectivity index (χ4n) is 1.12. The highest BCUT2D eigenvalue weighted by molar-refractivity contribution is 5.91. The van der Waals surface area contributed by atoms with Crippen molar-refractivity contribution in [3.8, 4) is 0 Å². The van der Waals surface area contributed by atoms with E-state index in [-0.39, 0.29) is 18.9 Å². The van der Waals surface area contributed by atoms with Crippen molar-refractivity contribution in [1.29, 1.82) is 0 Å². The summed E-state index contributed by atoms with van der Waals surface area (Å²) in [5.41, 5.74) is -1.15. The summed E-state index contributed by atoms with van der Waals surface area (Å²) in [6.07, 6.45) is 1.82. The van der Waals surface area contributed by atoms with Crippen molar-refractivity contribution in [3.63, 3.8) is 0 Å². The molecule has 0 spiro atoms. The molecule has 0 unspecified atom stereocenters. The number of aromatic amines is 2. The van der Waals surface area contributed by atoms with E-state index < -0.39 is 23.2 Å². The van der Waals surface area contributed by atoms with Gasteiger partial charge < -0.3 is 14.5 Å². The number of ether oxygens (including phenoxy) is 2. The molecule has 0 amide bonds. The molecular formula is C11H12N2O6. The minimum Gasteiger partial charge on any atom is -0.463 e. The highest BCUT2D eigenvalue weighted by Crippen LogP contribution is 1.92. The largest absolute Gasteiger partial charge is 0.463 e. The van der Waals surface area contributed by atoms with Gasteiger partial charge in [-0.3, -0.25) is 9.78 Å². The predicted octanol–water partition coefficient (Wildman–Crippen LogP) is -0.774. The summed E-state index contributed by atoms with van der Waals surface area (Å²) in [5.74, 6) is -1.46. The Morgan fingerprint density at radius 3 is 2.37 bits per heavy atom. The lowest BCUT2D eigenvalue weighted by Crippen LogP contribution is -2.23. The van der Waals surface area contributed by atoms with Crippen molar-refractivity contribution in [2.45, 2.75) is 13.5 Å². The third kappa shape index (κ3) is 5.48. The smallest absolute Gasteiger partial charge is 0.331 e. The summed E-state index contributed by atoms with van der Waals surface area (Å²) in [5, 5.41) is 0. The van der Waals surface area contributed by atoms with Crippen LogP contribution in [-0.4, -0.2) is 28.5 Å². The SMILES string of the molecule is CCOC(=O)/C=C/C(=O)OCc1cc(=O)[nH]c(=O)[nH]1. The van der Waals surface area contributed by atoms with E-state index >= 15 is 0 Å². The van der Waals surface area contributed by atoms with Gasteiger partial charge in [-0.05, 0) is 6.92 Å².